The number of fused-ring (bicyclic) bond motifs is 1. The van der Waals surface area contributed by atoms with Crippen LogP contribution in [0, 0.1) is 6.92 Å². The van der Waals surface area contributed by atoms with Gasteiger partial charge in [0.1, 0.15) is 35.2 Å². The summed E-state index contributed by atoms with van der Waals surface area (Å²) in [5, 5.41) is 1.87. The highest BCUT2D eigenvalue weighted by Crippen LogP contribution is 2.45. The molecule has 0 bridgehead atoms. The molecule has 3 heterocycles. The van der Waals surface area contributed by atoms with Gasteiger partial charge in [0, 0.05) is 42.1 Å². The molecule has 13 heteroatoms. The van der Waals surface area contributed by atoms with Gasteiger partial charge in [-0.25, -0.2) is 18.4 Å². The van der Waals surface area contributed by atoms with Gasteiger partial charge < -0.3 is 13.9 Å². The number of rotatable bonds is 6. The number of hydrogen-bond acceptors (Lipinski definition) is 8. The monoisotopic (exact) mass is 565 g/mol. The first-order chi connectivity index (χ1) is 17.8. The standard InChI is InChI=1S/C25H22F3N3O5S2/c1-14-30-19(13-34-14)18-10-15(25(26,27)28)4-7-20(18)35-22-12-24(2,3)36-21-11-16(5-6-17(21)22)38(32,33)31-23-29-8-9-37-23/h4-11,13,22H,12H2,1-3H3,(H,29,31). The van der Waals surface area contributed by atoms with E-state index >= 15 is 0 Å². The molecule has 4 aromatic rings. The lowest BCUT2D eigenvalue weighted by Crippen LogP contribution is -2.36. The van der Waals surface area contributed by atoms with Gasteiger partial charge in [0.05, 0.1) is 10.5 Å². The van der Waals surface area contributed by atoms with Gasteiger partial charge in [0.25, 0.3) is 10.0 Å². The van der Waals surface area contributed by atoms with E-state index in [0.29, 0.717) is 23.6 Å². The Kier molecular flexibility index (Phi) is 6.38. The predicted molar refractivity (Wildman–Crippen MR) is 134 cm³/mol. The molecule has 0 saturated heterocycles. The minimum atomic E-state index is -4.56. The maximum atomic E-state index is 13.5. The molecule has 5 rings (SSSR count). The van der Waals surface area contributed by atoms with Crippen LogP contribution in [0.2, 0.25) is 0 Å². The molecule has 0 spiro atoms. The minimum Gasteiger partial charge on any atom is -0.487 e. The van der Waals surface area contributed by atoms with Crippen molar-refractivity contribution in [3.05, 3.63) is 71.3 Å². The Labute approximate surface area is 220 Å². The zero-order valence-corrected chi connectivity index (χ0v) is 22.0. The van der Waals surface area contributed by atoms with Crippen molar-refractivity contribution < 1.29 is 35.5 Å². The number of anilines is 1. The molecule has 0 fully saturated rings. The summed E-state index contributed by atoms with van der Waals surface area (Å²) in [7, 11) is -3.94. The summed E-state index contributed by atoms with van der Waals surface area (Å²) in [6.45, 7) is 5.22. The molecule has 38 heavy (non-hydrogen) atoms. The Bertz CT molecular complexity index is 1580. The van der Waals surface area contributed by atoms with Crippen LogP contribution in [0.3, 0.4) is 0 Å². The van der Waals surface area contributed by atoms with E-state index in [4.69, 9.17) is 13.9 Å². The number of ether oxygens (including phenoxy) is 2. The van der Waals surface area contributed by atoms with E-state index in [1.54, 1.807) is 18.4 Å². The number of aryl methyl sites for hydroxylation is 1. The smallest absolute Gasteiger partial charge is 0.416 e. The second-order valence-corrected chi connectivity index (χ2v) is 11.9. The lowest BCUT2D eigenvalue weighted by Gasteiger charge is -2.38. The van der Waals surface area contributed by atoms with Crippen molar-refractivity contribution in [2.24, 2.45) is 0 Å². The second-order valence-electron chi connectivity index (χ2n) is 9.28. The maximum Gasteiger partial charge on any atom is 0.416 e. The SMILES string of the molecule is Cc1nc(-c2cc(C(F)(F)F)ccc2OC2CC(C)(C)Oc3cc(S(=O)(=O)Nc4nccs4)ccc32)co1. The van der Waals surface area contributed by atoms with E-state index in [1.807, 2.05) is 13.8 Å². The van der Waals surface area contributed by atoms with Crippen LogP contribution in [0.1, 0.15) is 43.4 Å². The van der Waals surface area contributed by atoms with Crippen molar-refractivity contribution in [2.45, 2.75) is 50.0 Å². The highest BCUT2D eigenvalue weighted by Gasteiger charge is 2.37. The van der Waals surface area contributed by atoms with Gasteiger partial charge in [0.15, 0.2) is 11.0 Å². The zero-order valence-electron chi connectivity index (χ0n) is 20.4. The van der Waals surface area contributed by atoms with Crippen LogP contribution in [-0.4, -0.2) is 24.0 Å². The number of benzene rings is 2. The molecule has 1 atom stereocenters. The third kappa shape index (κ3) is 5.34. The predicted octanol–water partition coefficient (Wildman–Crippen LogP) is 6.61. The number of hydrogen-bond donors (Lipinski definition) is 1. The van der Waals surface area contributed by atoms with E-state index in [-0.39, 0.29) is 27.0 Å². The Hall–Kier alpha value is -3.58. The summed E-state index contributed by atoms with van der Waals surface area (Å²) in [5.41, 5.74) is -0.742. The van der Waals surface area contributed by atoms with E-state index in [1.165, 1.54) is 30.7 Å². The fraction of sp³-hybridized carbons (Fsp3) is 0.280. The van der Waals surface area contributed by atoms with Gasteiger partial charge in [-0.1, -0.05) is 6.07 Å². The summed E-state index contributed by atoms with van der Waals surface area (Å²) in [4.78, 5) is 8.10. The fourth-order valence-electron chi connectivity index (χ4n) is 4.13. The molecule has 2 aromatic carbocycles. The van der Waals surface area contributed by atoms with Crippen molar-refractivity contribution in [1.29, 1.82) is 0 Å². The first-order valence-electron chi connectivity index (χ1n) is 11.4. The number of nitrogens with one attached hydrogen (secondary N) is 1. The summed E-state index contributed by atoms with van der Waals surface area (Å²) in [6, 6.07) is 7.56. The number of alkyl halides is 3. The van der Waals surface area contributed by atoms with Gasteiger partial charge in [-0.05, 0) is 38.1 Å². The highest BCUT2D eigenvalue weighted by molar-refractivity contribution is 7.93. The van der Waals surface area contributed by atoms with Crippen LogP contribution in [0.5, 0.6) is 11.5 Å². The first kappa shape index (κ1) is 26.0. The second kappa shape index (κ2) is 9.31. The lowest BCUT2D eigenvalue weighted by molar-refractivity contribution is -0.137. The Morgan fingerprint density at radius 3 is 2.63 bits per heavy atom. The molecular weight excluding hydrogens is 543 g/mol. The Morgan fingerprint density at radius 1 is 1.18 bits per heavy atom. The van der Waals surface area contributed by atoms with Gasteiger partial charge >= 0.3 is 6.18 Å². The van der Waals surface area contributed by atoms with Crippen LogP contribution in [0.15, 0.2) is 63.6 Å². The zero-order chi connectivity index (χ0) is 27.3. The van der Waals surface area contributed by atoms with E-state index in [2.05, 4.69) is 14.7 Å². The van der Waals surface area contributed by atoms with E-state index < -0.39 is 33.5 Å². The topological polar surface area (TPSA) is 104 Å². The molecule has 0 aliphatic carbocycles. The number of halogens is 3. The van der Waals surface area contributed by atoms with E-state index in [9.17, 15) is 21.6 Å². The third-order valence-corrected chi connectivity index (χ3v) is 7.98. The summed E-state index contributed by atoms with van der Waals surface area (Å²) < 4.78 is 86.2. The van der Waals surface area contributed by atoms with Crippen LogP contribution < -0.4 is 14.2 Å². The molecule has 0 radical (unpaired) electrons. The molecular formula is C25H22F3N3O5S2. The summed E-state index contributed by atoms with van der Waals surface area (Å²) in [6.07, 6.45) is -2.11. The first-order valence-corrected chi connectivity index (χ1v) is 13.7. The summed E-state index contributed by atoms with van der Waals surface area (Å²) in [5.74, 6) is 0.752. The van der Waals surface area contributed by atoms with Crippen LogP contribution >= 0.6 is 11.3 Å². The average molecular weight is 566 g/mol. The fourth-order valence-corrected chi connectivity index (χ4v) is 5.94. The van der Waals surface area contributed by atoms with Gasteiger partial charge in [-0.2, -0.15) is 13.2 Å². The molecule has 1 N–H and O–H groups in total. The van der Waals surface area contributed by atoms with Gasteiger partial charge in [0.2, 0.25) is 0 Å². The third-order valence-electron chi connectivity index (χ3n) is 5.83. The molecule has 200 valence electrons. The number of aromatic nitrogens is 2. The van der Waals surface area contributed by atoms with Gasteiger partial charge in [-0.3, -0.25) is 4.72 Å². The van der Waals surface area contributed by atoms with Crippen molar-refractivity contribution in [1.82, 2.24) is 9.97 Å². The number of nitrogens with zero attached hydrogens (tertiary/aromatic N) is 2. The van der Waals surface area contributed by atoms with Crippen molar-refractivity contribution in [2.75, 3.05) is 4.72 Å². The molecule has 8 nitrogen and oxygen atoms in total. The highest BCUT2D eigenvalue weighted by atomic mass is 32.2. The normalized spacial score (nSPS) is 16.9. The molecule has 2 aromatic heterocycles. The average Bonchev–Trinajstić information content (AvgIpc) is 3.48. The Balaban J connectivity index is 1.52. The minimum absolute atomic E-state index is 0.0313. The van der Waals surface area contributed by atoms with Crippen molar-refractivity contribution >= 4 is 26.5 Å². The van der Waals surface area contributed by atoms with Crippen LogP contribution in [0.25, 0.3) is 11.3 Å². The molecule has 0 saturated carbocycles. The Morgan fingerprint density at radius 2 is 1.97 bits per heavy atom. The maximum absolute atomic E-state index is 13.5. The van der Waals surface area contributed by atoms with Crippen molar-refractivity contribution in [3.8, 4) is 22.8 Å². The lowest BCUT2D eigenvalue weighted by atomic mass is 9.91. The number of oxazole rings is 1. The van der Waals surface area contributed by atoms with E-state index in [0.717, 1.165) is 23.5 Å². The molecule has 1 unspecified atom stereocenters. The van der Waals surface area contributed by atoms with Crippen LogP contribution in [0.4, 0.5) is 18.3 Å². The summed E-state index contributed by atoms with van der Waals surface area (Å²) >= 11 is 1.14. The number of thiazole rings is 1. The molecule has 1 aliphatic rings. The number of sulfonamides is 1. The largest absolute Gasteiger partial charge is 0.487 e. The van der Waals surface area contributed by atoms with Crippen LogP contribution in [-0.2, 0) is 16.2 Å². The molecule has 1 aliphatic heterocycles. The molecule has 0 amide bonds. The quantitative estimate of drug-likeness (QED) is 0.281. The van der Waals surface area contributed by atoms with Crippen molar-refractivity contribution in [3.63, 3.8) is 0 Å². The van der Waals surface area contributed by atoms with Gasteiger partial charge in [-0.15, -0.1) is 11.3 Å².